The van der Waals surface area contributed by atoms with Crippen LogP contribution in [-0.4, -0.2) is 6.04 Å². The van der Waals surface area contributed by atoms with E-state index in [0.29, 0.717) is 6.04 Å². The molecule has 0 spiro atoms. The third kappa shape index (κ3) is 3.03. The van der Waals surface area contributed by atoms with Crippen molar-refractivity contribution in [2.45, 2.75) is 71.3 Å². The van der Waals surface area contributed by atoms with Crippen LogP contribution in [0.2, 0.25) is 0 Å². The molecule has 0 aromatic rings. The van der Waals surface area contributed by atoms with Gasteiger partial charge in [-0.15, -0.1) is 0 Å². The van der Waals surface area contributed by atoms with E-state index in [0.717, 1.165) is 23.7 Å². The molecule has 4 atom stereocenters. The highest BCUT2D eigenvalue weighted by Gasteiger charge is 2.55. The molecule has 0 heterocycles. The Morgan fingerprint density at radius 3 is 2.47 bits per heavy atom. The van der Waals surface area contributed by atoms with E-state index < -0.39 is 0 Å². The maximum absolute atomic E-state index is 5.80. The molecule has 3 N–H and O–H groups in total. The molecule has 4 unspecified atom stereocenters. The molecule has 2 fully saturated rings. The Labute approximate surface area is 107 Å². The van der Waals surface area contributed by atoms with Crippen LogP contribution in [0, 0.1) is 23.7 Å². The number of fused-ring (bicyclic) bond motifs is 1. The molecule has 2 saturated carbocycles. The second-order valence-electron chi connectivity index (χ2n) is 6.26. The van der Waals surface area contributed by atoms with Gasteiger partial charge in [0.05, 0.1) is 0 Å². The third-order valence-electron chi connectivity index (χ3n) is 5.28. The SMILES string of the molecule is CCCCC(CC)CC(NN)C1C2CCCC21. The van der Waals surface area contributed by atoms with Gasteiger partial charge >= 0.3 is 0 Å². The maximum Gasteiger partial charge on any atom is 0.0246 e. The van der Waals surface area contributed by atoms with E-state index in [2.05, 4.69) is 19.3 Å². The molecule has 17 heavy (non-hydrogen) atoms. The highest BCUT2D eigenvalue weighted by molar-refractivity contribution is 5.06. The number of nitrogens with one attached hydrogen (secondary N) is 1. The zero-order valence-electron chi connectivity index (χ0n) is 11.6. The zero-order chi connectivity index (χ0) is 12.3. The van der Waals surface area contributed by atoms with Gasteiger partial charge in [0.1, 0.15) is 0 Å². The van der Waals surface area contributed by atoms with Crippen molar-refractivity contribution in [3.8, 4) is 0 Å². The average Bonchev–Trinajstić information content (AvgIpc) is 2.83. The lowest BCUT2D eigenvalue weighted by Crippen LogP contribution is -2.39. The Morgan fingerprint density at radius 2 is 1.94 bits per heavy atom. The summed E-state index contributed by atoms with van der Waals surface area (Å²) < 4.78 is 0. The Hall–Kier alpha value is -0.0800. The van der Waals surface area contributed by atoms with Gasteiger partial charge in [0.25, 0.3) is 0 Å². The summed E-state index contributed by atoms with van der Waals surface area (Å²) in [5.41, 5.74) is 3.13. The van der Waals surface area contributed by atoms with Crippen LogP contribution in [0.5, 0.6) is 0 Å². The van der Waals surface area contributed by atoms with E-state index in [1.807, 2.05) is 0 Å². The van der Waals surface area contributed by atoms with Gasteiger partial charge in [-0.25, -0.2) is 0 Å². The second kappa shape index (κ2) is 6.19. The summed E-state index contributed by atoms with van der Waals surface area (Å²) in [5.74, 6) is 9.66. The Kier molecular flexibility index (Phi) is 4.87. The van der Waals surface area contributed by atoms with Crippen LogP contribution < -0.4 is 11.3 Å². The van der Waals surface area contributed by atoms with Crippen molar-refractivity contribution in [3.63, 3.8) is 0 Å². The van der Waals surface area contributed by atoms with Crippen LogP contribution in [0.1, 0.15) is 65.2 Å². The minimum Gasteiger partial charge on any atom is -0.271 e. The van der Waals surface area contributed by atoms with E-state index in [9.17, 15) is 0 Å². The van der Waals surface area contributed by atoms with Crippen LogP contribution in [0.15, 0.2) is 0 Å². The highest BCUT2D eigenvalue weighted by atomic mass is 15.2. The summed E-state index contributed by atoms with van der Waals surface area (Å²) >= 11 is 0. The Balaban J connectivity index is 1.78. The molecule has 0 aromatic heterocycles. The van der Waals surface area contributed by atoms with E-state index in [1.165, 1.54) is 51.4 Å². The smallest absolute Gasteiger partial charge is 0.0246 e. The van der Waals surface area contributed by atoms with Gasteiger partial charge in [-0.2, -0.15) is 0 Å². The maximum atomic E-state index is 5.80. The first-order valence-electron chi connectivity index (χ1n) is 7.77. The van der Waals surface area contributed by atoms with E-state index >= 15 is 0 Å². The summed E-state index contributed by atoms with van der Waals surface area (Å²) in [4.78, 5) is 0. The largest absolute Gasteiger partial charge is 0.271 e. The molecular weight excluding hydrogens is 208 g/mol. The molecule has 0 amide bonds. The van der Waals surface area contributed by atoms with Gasteiger partial charge in [0, 0.05) is 6.04 Å². The van der Waals surface area contributed by atoms with Crippen molar-refractivity contribution in [1.29, 1.82) is 0 Å². The third-order valence-corrected chi connectivity index (χ3v) is 5.28. The van der Waals surface area contributed by atoms with Crippen molar-refractivity contribution in [1.82, 2.24) is 5.43 Å². The zero-order valence-corrected chi connectivity index (χ0v) is 11.6. The molecule has 0 bridgehead atoms. The summed E-state index contributed by atoms with van der Waals surface area (Å²) in [6, 6.07) is 0.604. The molecule has 0 saturated heterocycles. The number of hydrogen-bond donors (Lipinski definition) is 2. The Morgan fingerprint density at radius 1 is 1.24 bits per heavy atom. The highest BCUT2D eigenvalue weighted by Crippen LogP contribution is 2.59. The van der Waals surface area contributed by atoms with Crippen LogP contribution in [0.25, 0.3) is 0 Å². The molecule has 0 radical (unpaired) electrons. The van der Waals surface area contributed by atoms with Crippen molar-refractivity contribution in [2.24, 2.45) is 29.5 Å². The van der Waals surface area contributed by atoms with Crippen molar-refractivity contribution < 1.29 is 0 Å². The van der Waals surface area contributed by atoms with Gasteiger partial charge in [0.2, 0.25) is 0 Å². The lowest BCUT2D eigenvalue weighted by molar-refractivity contribution is 0.308. The lowest BCUT2D eigenvalue weighted by Gasteiger charge is -2.23. The van der Waals surface area contributed by atoms with Crippen molar-refractivity contribution >= 4 is 0 Å². The minimum atomic E-state index is 0.604. The van der Waals surface area contributed by atoms with Crippen LogP contribution in [0.4, 0.5) is 0 Å². The van der Waals surface area contributed by atoms with E-state index in [4.69, 9.17) is 5.84 Å². The first-order chi connectivity index (χ1) is 8.31. The van der Waals surface area contributed by atoms with E-state index in [1.54, 1.807) is 0 Å². The molecule has 2 nitrogen and oxygen atoms in total. The van der Waals surface area contributed by atoms with Crippen LogP contribution in [-0.2, 0) is 0 Å². The first-order valence-corrected chi connectivity index (χ1v) is 7.77. The predicted molar refractivity (Wildman–Crippen MR) is 73.4 cm³/mol. The second-order valence-corrected chi connectivity index (χ2v) is 6.26. The van der Waals surface area contributed by atoms with Crippen LogP contribution >= 0.6 is 0 Å². The fourth-order valence-corrected chi connectivity index (χ4v) is 4.15. The quantitative estimate of drug-likeness (QED) is 0.502. The fraction of sp³-hybridized carbons (Fsp3) is 1.00. The predicted octanol–water partition coefficient (Wildman–Crippen LogP) is 3.47. The summed E-state index contributed by atoms with van der Waals surface area (Å²) in [6.45, 7) is 4.62. The standard InChI is InChI=1S/C15H30N2/c1-3-5-7-11(4-2)10-14(17-16)15-12-8-6-9-13(12)15/h11-15,17H,3-10,16H2,1-2H3. The van der Waals surface area contributed by atoms with Gasteiger partial charge < -0.3 is 0 Å². The molecule has 2 heteroatoms. The summed E-state index contributed by atoms with van der Waals surface area (Å²) in [7, 11) is 0. The number of hydrazine groups is 1. The van der Waals surface area contributed by atoms with Gasteiger partial charge in [-0.05, 0) is 42.9 Å². The topological polar surface area (TPSA) is 38.0 Å². The normalized spacial score (nSPS) is 34.4. The number of hydrogen-bond acceptors (Lipinski definition) is 2. The number of nitrogens with two attached hydrogens (primary N) is 1. The summed E-state index contributed by atoms with van der Waals surface area (Å²) in [6.07, 6.45) is 11.1. The fourth-order valence-electron chi connectivity index (χ4n) is 4.15. The molecule has 100 valence electrons. The first kappa shape index (κ1) is 13.4. The number of unbranched alkanes of at least 4 members (excludes halogenated alkanes) is 1. The van der Waals surface area contributed by atoms with Gasteiger partial charge in [-0.3, -0.25) is 11.3 Å². The minimum absolute atomic E-state index is 0.604. The lowest BCUT2D eigenvalue weighted by atomic mass is 9.89. The monoisotopic (exact) mass is 238 g/mol. The molecule has 0 aromatic carbocycles. The van der Waals surface area contributed by atoms with E-state index in [-0.39, 0.29) is 0 Å². The Bertz CT molecular complexity index is 219. The summed E-state index contributed by atoms with van der Waals surface area (Å²) in [5, 5.41) is 0. The van der Waals surface area contributed by atoms with Crippen molar-refractivity contribution in [2.75, 3.05) is 0 Å². The molecule has 2 aliphatic carbocycles. The molecular formula is C15H30N2. The molecule has 0 aliphatic heterocycles. The van der Waals surface area contributed by atoms with Gasteiger partial charge in [0.15, 0.2) is 0 Å². The number of rotatable bonds is 8. The van der Waals surface area contributed by atoms with Crippen molar-refractivity contribution in [3.05, 3.63) is 0 Å². The van der Waals surface area contributed by atoms with Gasteiger partial charge in [-0.1, -0.05) is 46.0 Å². The molecule has 2 aliphatic rings. The molecule has 2 rings (SSSR count). The average molecular weight is 238 g/mol. The van der Waals surface area contributed by atoms with Crippen LogP contribution in [0.3, 0.4) is 0 Å².